The van der Waals surface area contributed by atoms with Gasteiger partial charge in [0, 0.05) is 30.6 Å². The molecule has 1 amide bonds. The quantitative estimate of drug-likeness (QED) is 0.474. The number of nitrogens with zero attached hydrogens (tertiary/aromatic N) is 5. The van der Waals surface area contributed by atoms with Gasteiger partial charge in [0.1, 0.15) is 23.4 Å². The SMILES string of the molecule is Cn1ncc2c(N)nc3cnc(C(=O)N4CCC[C@@H]5Oc6cc(OC(F)F)c(F)cc6[C@@H]54)cc3c21. The lowest BCUT2D eigenvalue weighted by atomic mass is 9.94. The number of aryl methyl sites for hydroxylation is 1. The van der Waals surface area contributed by atoms with Crippen molar-refractivity contribution in [3.63, 3.8) is 0 Å². The number of ether oxygens (including phenoxy) is 2. The minimum atomic E-state index is -3.17. The highest BCUT2D eigenvalue weighted by Gasteiger charge is 2.44. The molecule has 0 spiro atoms. The van der Waals surface area contributed by atoms with Crippen LogP contribution in [0.1, 0.15) is 34.9 Å². The Labute approximate surface area is 196 Å². The monoisotopic (exact) mass is 484 g/mol. The topological polar surface area (TPSA) is 108 Å². The summed E-state index contributed by atoms with van der Waals surface area (Å²) in [5, 5.41) is 5.58. The first-order valence-corrected chi connectivity index (χ1v) is 10.9. The first-order chi connectivity index (χ1) is 16.8. The highest BCUT2D eigenvalue weighted by molar-refractivity contribution is 6.09. The zero-order valence-electron chi connectivity index (χ0n) is 18.4. The van der Waals surface area contributed by atoms with E-state index in [1.807, 2.05) is 0 Å². The zero-order chi connectivity index (χ0) is 24.4. The molecule has 0 saturated carbocycles. The van der Waals surface area contributed by atoms with Crippen LogP contribution in [0.5, 0.6) is 11.5 Å². The molecule has 0 unspecified atom stereocenters. The van der Waals surface area contributed by atoms with Crippen LogP contribution >= 0.6 is 0 Å². The van der Waals surface area contributed by atoms with Gasteiger partial charge in [-0.15, -0.1) is 0 Å². The molecular formula is C23H19F3N6O3. The van der Waals surface area contributed by atoms with E-state index >= 15 is 0 Å². The number of fused-ring (bicyclic) bond motifs is 6. The second-order valence-corrected chi connectivity index (χ2v) is 8.56. The van der Waals surface area contributed by atoms with E-state index in [0.29, 0.717) is 47.1 Å². The van der Waals surface area contributed by atoms with E-state index in [1.165, 1.54) is 6.20 Å². The van der Waals surface area contributed by atoms with E-state index in [2.05, 4.69) is 19.8 Å². The number of anilines is 1. The summed E-state index contributed by atoms with van der Waals surface area (Å²) in [5.74, 6) is -1.37. The van der Waals surface area contributed by atoms with Gasteiger partial charge in [0.05, 0.1) is 34.9 Å². The molecule has 2 aliphatic rings. The van der Waals surface area contributed by atoms with Gasteiger partial charge < -0.3 is 20.1 Å². The Kier molecular flexibility index (Phi) is 4.73. The van der Waals surface area contributed by atoms with Crippen molar-refractivity contribution in [2.24, 2.45) is 7.05 Å². The average Bonchev–Trinajstić information content (AvgIpc) is 3.39. The number of rotatable bonds is 3. The first kappa shape index (κ1) is 21.4. The summed E-state index contributed by atoms with van der Waals surface area (Å²) in [6.45, 7) is -2.76. The molecule has 2 N–H and O–H groups in total. The average molecular weight is 484 g/mol. The maximum absolute atomic E-state index is 14.5. The van der Waals surface area contributed by atoms with Crippen LogP contribution in [0.2, 0.25) is 0 Å². The van der Waals surface area contributed by atoms with Crippen molar-refractivity contribution >= 4 is 33.5 Å². The minimum absolute atomic E-state index is 0.179. The van der Waals surface area contributed by atoms with Crippen molar-refractivity contribution in [3.05, 3.63) is 47.7 Å². The molecule has 0 radical (unpaired) electrons. The van der Waals surface area contributed by atoms with E-state index in [4.69, 9.17) is 10.5 Å². The van der Waals surface area contributed by atoms with Gasteiger partial charge in [-0.05, 0) is 25.0 Å². The third kappa shape index (κ3) is 3.31. The molecule has 1 saturated heterocycles. The van der Waals surface area contributed by atoms with Gasteiger partial charge >= 0.3 is 6.61 Å². The summed E-state index contributed by atoms with van der Waals surface area (Å²) >= 11 is 0. The van der Waals surface area contributed by atoms with Crippen molar-refractivity contribution in [2.45, 2.75) is 31.6 Å². The van der Waals surface area contributed by atoms with Gasteiger partial charge in [-0.3, -0.25) is 9.48 Å². The van der Waals surface area contributed by atoms with E-state index < -0.39 is 30.3 Å². The summed E-state index contributed by atoms with van der Waals surface area (Å²) < 4.78 is 51.6. The molecule has 180 valence electrons. The summed E-state index contributed by atoms with van der Waals surface area (Å²) in [5.41, 5.74) is 7.88. The minimum Gasteiger partial charge on any atom is -0.487 e. The number of likely N-dealkylation sites (tertiary alicyclic amines) is 1. The molecule has 3 aromatic heterocycles. The number of aromatic nitrogens is 4. The maximum atomic E-state index is 14.5. The molecule has 12 heteroatoms. The first-order valence-electron chi connectivity index (χ1n) is 10.9. The molecule has 1 fully saturated rings. The molecule has 0 aliphatic carbocycles. The molecule has 5 heterocycles. The van der Waals surface area contributed by atoms with E-state index in [9.17, 15) is 18.0 Å². The van der Waals surface area contributed by atoms with Crippen LogP contribution in [0, 0.1) is 5.82 Å². The molecule has 2 aliphatic heterocycles. The fraction of sp³-hybridized carbons (Fsp3) is 0.304. The lowest BCUT2D eigenvalue weighted by molar-refractivity contribution is -0.0523. The predicted molar refractivity (Wildman–Crippen MR) is 119 cm³/mol. The lowest BCUT2D eigenvalue weighted by Crippen LogP contribution is -2.44. The van der Waals surface area contributed by atoms with Crippen LogP contribution in [0.3, 0.4) is 0 Å². The number of hydrogen-bond acceptors (Lipinski definition) is 7. The number of nitrogens with two attached hydrogens (primary N) is 1. The maximum Gasteiger partial charge on any atom is 0.387 e. The number of benzene rings is 1. The fourth-order valence-corrected chi connectivity index (χ4v) is 5.04. The number of amides is 1. The molecule has 2 atom stereocenters. The summed E-state index contributed by atoms with van der Waals surface area (Å²) in [6.07, 6.45) is 3.94. The largest absolute Gasteiger partial charge is 0.487 e. The van der Waals surface area contributed by atoms with Gasteiger partial charge in [-0.25, -0.2) is 14.4 Å². The molecule has 1 aromatic carbocycles. The predicted octanol–water partition coefficient (Wildman–Crippen LogP) is 3.58. The summed E-state index contributed by atoms with van der Waals surface area (Å²) in [6, 6.07) is 3.28. The molecule has 4 aromatic rings. The third-order valence-electron chi connectivity index (χ3n) is 6.53. The van der Waals surface area contributed by atoms with E-state index in [1.54, 1.807) is 28.9 Å². The van der Waals surface area contributed by atoms with E-state index in [-0.39, 0.29) is 17.4 Å². The van der Waals surface area contributed by atoms with E-state index in [0.717, 1.165) is 17.6 Å². The second-order valence-electron chi connectivity index (χ2n) is 8.56. The van der Waals surface area contributed by atoms with Crippen LogP contribution in [-0.2, 0) is 7.05 Å². The van der Waals surface area contributed by atoms with Crippen molar-refractivity contribution < 1.29 is 27.4 Å². The second kappa shape index (κ2) is 7.72. The number of halogens is 3. The standard InChI is InChI=1S/C23H19F3N6O3/c1-31-19-10-6-14(28-9-15(10)30-21(27)12(19)8-29-31)22(33)32-4-2-3-16-20(32)11-5-13(24)18(35-23(25)26)7-17(11)34-16/h5-9,16,20,23H,2-4H2,1H3,(H2,27,30)/t16-,20-/m0/s1. The van der Waals surface area contributed by atoms with Crippen molar-refractivity contribution in [1.29, 1.82) is 0 Å². The lowest BCUT2D eigenvalue weighted by Gasteiger charge is -2.36. The number of hydrogen-bond donors (Lipinski definition) is 1. The molecule has 35 heavy (non-hydrogen) atoms. The Morgan fingerprint density at radius 3 is 2.89 bits per heavy atom. The van der Waals surface area contributed by atoms with Gasteiger partial charge in [0.25, 0.3) is 5.91 Å². The summed E-state index contributed by atoms with van der Waals surface area (Å²) in [7, 11) is 1.77. The van der Waals surface area contributed by atoms with Crippen molar-refractivity contribution in [1.82, 2.24) is 24.6 Å². The van der Waals surface area contributed by atoms with Crippen molar-refractivity contribution in [2.75, 3.05) is 12.3 Å². The number of carbonyl (C=O) groups is 1. The van der Waals surface area contributed by atoms with Crippen LogP contribution in [0.4, 0.5) is 19.0 Å². The number of nitrogen functional groups attached to an aromatic ring is 1. The molecule has 9 nitrogen and oxygen atoms in total. The number of pyridine rings is 2. The number of piperidine rings is 1. The third-order valence-corrected chi connectivity index (χ3v) is 6.53. The molecule has 0 bridgehead atoms. The zero-order valence-corrected chi connectivity index (χ0v) is 18.4. The molecular weight excluding hydrogens is 465 g/mol. The fourth-order valence-electron chi connectivity index (χ4n) is 5.04. The Morgan fingerprint density at radius 2 is 2.09 bits per heavy atom. The smallest absolute Gasteiger partial charge is 0.387 e. The summed E-state index contributed by atoms with van der Waals surface area (Å²) in [4.78, 5) is 23.9. The Hall–Kier alpha value is -4.09. The Bertz CT molecular complexity index is 1510. The Morgan fingerprint density at radius 1 is 1.26 bits per heavy atom. The van der Waals surface area contributed by atoms with Gasteiger partial charge in [0.15, 0.2) is 11.6 Å². The Balaban J connectivity index is 1.40. The highest BCUT2D eigenvalue weighted by atomic mass is 19.3. The van der Waals surface area contributed by atoms with Gasteiger partial charge in [0.2, 0.25) is 0 Å². The normalized spacial score (nSPS) is 19.2. The van der Waals surface area contributed by atoms with Crippen LogP contribution < -0.4 is 15.2 Å². The number of alkyl halides is 2. The van der Waals surface area contributed by atoms with Gasteiger partial charge in [-0.1, -0.05) is 0 Å². The van der Waals surface area contributed by atoms with Crippen molar-refractivity contribution in [3.8, 4) is 11.5 Å². The van der Waals surface area contributed by atoms with Crippen LogP contribution in [-0.4, -0.2) is 49.8 Å². The van der Waals surface area contributed by atoms with Crippen LogP contribution in [0.15, 0.2) is 30.6 Å². The van der Waals surface area contributed by atoms with Gasteiger partial charge in [-0.2, -0.15) is 13.9 Å². The van der Waals surface area contributed by atoms with Crippen LogP contribution in [0.25, 0.3) is 21.8 Å². The molecule has 6 rings (SSSR count). The number of carbonyl (C=O) groups excluding carboxylic acids is 1. The highest BCUT2D eigenvalue weighted by Crippen LogP contribution is 2.47.